The first-order valence-corrected chi connectivity index (χ1v) is 18.7. The molecule has 2 aliphatic heterocycles. The zero-order valence-corrected chi connectivity index (χ0v) is 30.8. The summed E-state index contributed by atoms with van der Waals surface area (Å²) in [5, 5.41) is 22.9. The lowest BCUT2D eigenvalue weighted by atomic mass is 9.93. The Morgan fingerprint density at radius 3 is 1.59 bits per heavy atom. The van der Waals surface area contributed by atoms with Crippen molar-refractivity contribution >= 4 is 76.6 Å². The molecule has 0 saturated heterocycles. The maximum atomic E-state index is 12.5. The van der Waals surface area contributed by atoms with Gasteiger partial charge in [0.05, 0.1) is 40.6 Å². The minimum atomic E-state index is -0.281. The third-order valence-electron chi connectivity index (χ3n) is 9.90. The molecule has 4 aliphatic rings. The Morgan fingerprint density at radius 1 is 0.704 bits per heavy atom. The second-order valence-electron chi connectivity index (χ2n) is 13.6. The van der Waals surface area contributed by atoms with Gasteiger partial charge in [0.15, 0.2) is 0 Å². The highest BCUT2D eigenvalue weighted by molar-refractivity contribution is 6.34. The van der Waals surface area contributed by atoms with Gasteiger partial charge in [-0.05, 0) is 75.6 Å². The van der Waals surface area contributed by atoms with Crippen LogP contribution in [0.15, 0.2) is 60.9 Å². The molecule has 2 saturated carbocycles. The Kier molecular flexibility index (Phi) is 11.6. The molecule has 54 heavy (non-hydrogen) atoms. The number of fused-ring (bicyclic) bond motifs is 2. The van der Waals surface area contributed by atoms with E-state index in [0.717, 1.165) is 62.5 Å². The van der Waals surface area contributed by atoms with Crippen molar-refractivity contribution in [3.63, 3.8) is 0 Å². The number of benzene rings is 2. The molecule has 2 fully saturated rings. The van der Waals surface area contributed by atoms with Crippen molar-refractivity contribution < 1.29 is 24.2 Å². The lowest BCUT2D eigenvalue weighted by Crippen LogP contribution is -2.39. The van der Waals surface area contributed by atoms with E-state index >= 15 is 0 Å². The van der Waals surface area contributed by atoms with E-state index < -0.39 is 0 Å². The molecule has 0 spiro atoms. The first-order valence-electron chi connectivity index (χ1n) is 17.9. The molecule has 2 aromatic carbocycles. The van der Waals surface area contributed by atoms with Crippen LogP contribution in [-0.2, 0) is 22.6 Å². The van der Waals surface area contributed by atoms with Gasteiger partial charge in [-0.3, -0.25) is 25.2 Å². The summed E-state index contributed by atoms with van der Waals surface area (Å²) in [4.78, 5) is 56.3. The second-order valence-corrected chi connectivity index (χ2v) is 14.4. The summed E-state index contributed by atoms with van der Waals surface area (Å²) in [5.41, 5.74) is 2.94. The van der Waals surface area contributed by atoms with Gasteiger partial charge in [0, 0.05) is 35.6 Å². The Morgan fingerprint density at radius 2 is 1.15 bits per heavy atom. The van der Waals surface area contributed by atoms with Crippen LogP contribution in [0.1, 0.15) is 62.5 Å². The zero-order valence-electron chi connectivity index (χ0n) is 29.3. The number of halogens is 2. The van der Waals surface area contributed by atoms with Crippen molar-refractivity contribution in [1.82, 2.24) is 19.9 Å². The van der Waals surface area contributed by atoms with Crippen molar-refractivity contribution in [3.05, 3.63) is 82.1 Å². The zero-order chi connectivity index (χ0) is 37.6. The summed E-state index contributed by atoms with van der Waals surface area (Å²) >= 11 is 12.4. The van der Waals surface area contributed by atoms with Crippen molar-refractivity contribution in [2.75, 3.05) is 31.1 Å². The van der Waals surface area contributed by atoms with Crippen LogP contribution < -0.4 is 31.1 Å². The summed E-state index contributed by atoms with van der Waals surface area (Å²) < 4.78 is 5.02. The summed E-state index contributed by atoms with van der Waals surface area (Å²) in [7, 11) is 0. The van der Waals surface area contributed by atoms with Crippen LogP contribution in [0.5, 0.6) is 0 Å². The van der Waals surface area contributed by atoms with Gasteiger partial charge >= 0.3 is 12.1 Å². The number of urea groups is 2. The van der Waals surface area contributed by atoms with Gasteiger partial charge < -0.3 is 20.5 Å². The number of ether oxygens (including phenoxy) is 1. The Balaban J connectivity index is 0.000000167. The molecule has 15 nitrogen and oxygen atoms in total. The first-order chi connectivity index (χ1) is 26.2. The number of aliphatic hydroxyl groups excluding tert-OH is 1. The normalized spacial score (nSPS) is 22.0. The summed E-state index contributed by atoms with van der Waals surface area (Å²) in [6, 6.07) is 14.3. The first kappa shape index (κ1) is 37.1. The number of rotatable bonds is 8. The number of para-hydroxylation sites is 2. The van der Waals surface area contributed by atoms with Gasteiger partial charge in [0.2, 0.25) is 11.9 Å². The fourth-order valence-electron chi connectivity index (χ4n) is 6.96. The number of carbonyl (C=O) groups is 3. The Hall–Kier alpha value is -5.25. The number of hydrogen-bond donors (Lipinski definition) is 5. The molecule has 2 aliphatic carbocycles. The fourth-order valence-corrected chi connectivity index (χ4v) is 7.44. The summed E-state index contributed by atoms with van der Waals surface area (Å²) in [6.07, 6.45) is 9.93. The smallest absolute Gasteiger partial charge is 0.327 e. The Bertz CT molecular complexity index is 1990. The lowest BCUT2D eigenvalue weighted by Gasteiger charge is -2.30. The van der Waals surface area contributed by atoms with Crippen molar-refractivity contribution in [2.24, 2.45) is 0 Å². The van der Waals surface area contributed by atoms with Crippen LogP contribution in [0, 0.1) is 0 Å². The lowest BCUT2D eigenvalue weighted by molar-refractivity contribution is -0.134. The highest BCUT2D eigenvalue weighted by Gasteiger charge is 2.29. The maximum absolute atomic E-state index is 12.5. The van der Waals surface area contributed by atoms with Crippen molar-refractivity contribution in [2.45, 2.75) is 88.7 Å². The molecule has 4 amide bonds. The Labute approximate surface area is 321 Å². The molecule has 5 N–H and O–H groups in total. The van der Waals surface area contributed by atoms with Crippen LogP contribution in [0.4, 0.5) is 44.5 Å². The van der Waals surface area contributed by atoms with Gasteiger partial charge in [0.1, 0.15) is 17.7 Å². The topological polar surface area (TPSA) is 187 Å². The summed E-state index contributed by atoms with van der Waals surface area (Å²) in [6.45, 7) is 1.22. The number of aromatic nitrogens is 4. The quantitative estimate of drug-likeness (QED) is 0.116. The molecule has 282 valence electrons. The molecule has 0 bridgehead atoms. The van der Waals surface area contributed by atoms with E-state index in [1.807, 2.05) is 24.3 Å². The van der Waals surface area contributed by atoms with E-state index in [-0.39, 0.29) is 36.4 Å². The highest BCUT2D eigenvalue weighted by atomic mass is 35.5. The average Bonchev–Trinajstić information content (AvgIpc) is 3.17. The molecule has 8 rings (SSSR count). The minimum Gasteiger partial charge on any atom is -0.465 e. The number of amides is 4. The van der Waals surface area contributed by atoms with Crippen LogP contribution in [0.25, 0.3) is 0 Å². The number of carbonyl (C=O) groups excluding carboxylic acids is 3. The van der Waals surface area contributed by atoms with E-state index in [1.165, 1.54) is 0 Å². The molecule has 0 atom stereocenters. The van der Waals surface area contributed by atoms with Gasteiger partial charge in [0.25, 0.3) is 6.47 Å². The molecule has 2 aromatic heterocycles. The van der Waals surface area contributed by atoms with E-state index in [2.05, 4.69) is 41.2 Å². The third kappa shape index (κ3) is 8.75. The molecule has 0 unspecified atom stereocenters. The van der Waals surface area contributed by atoms with Gasteiger partial charge in [-0.2, -0.15) is 9.97 Å². The molecule has 4 heterocycles. The number of nitrogens with one attached hydrogen (secondary N) is 4. The second kappa shape index (κ2) is 16.8. The van der Waals surface area contributed by atoms with E-state index in [9.17, 15) is 19.5 Å². The molecular formula is C37H40Cl2N10O5. The predicted molar refractivity (Wildman–Crippen MR) is 206 cm³/mol. The highest BCUT2D eigenvalue weighted by Crippen LogP contribution is 2.33. The maximum Gasteiger partial charge on any atom is 0.327 e. The van der Waals surface area contributed by atoms with Gasteiger partial charge in [-0.1, -0.05) is 47.5 Å². The average molecular weight is 776 g/mol. The molecular weight excluding hydrogens is 735 g/mol. The van der Waals surface area contributed by atoms with Gasteiger partial charge in [-0.15, -0.1) is 0 Å². The standard InChI is InChI=1S/C19H20ClN5O3.C18H20ClN5O2/c20-15-3-1-2-4-16(15)25-10-12-9-21-18(23-17(12)24-19(25)27)22-13-5-7-14(8-6-13)28-11-26;19-14-3-1-2-4-15(14)24-10-11-9-20-17(22-16(11)23-18(24)26)21-12-5-7-13(25)8-6-12/h1-4,9,11,13-14H,5-8,10H2,(H2,21,22,23,24,27);1-4,9,12-13,25H,5-8,10H2,(H2,20,21,22,23,26). The number of aliphatic hydroxyl groups is 1. The molecule has 4 aromatic rings. The van der Waals surface area contributed by atoms with Crippen LogP contribution >= 0.6 is 23.2 Å². The van der Waals surface area contributed by atoms with E-state index in [4.69, 9.17) is 27.9 Å². The van der Waals surface area contributed by atoms with Crippen molar-refractivity contribution in [3.8, 4) is 0 Å². The van der Waals surface area contributed by atoms with Crippen molar-refractivity contribution in [1.29, 1.82) is 0 Å². The largest absolute Gasteiger partial charge is 0.465 e. The fraction of sp³-hybridized carbons (Fsp3) is 0.378. The third-order valence-corrected chi connectivity index (χ3v) is 10.5. The van der Waals surface area contributed by atoms with E-state index in [0.29, 0.717) is 64.5 Å². The monoisotopic (exact) mass is 774 g/mol. The number of anilines is 6. The number of hydrogen-bond acceptors (Lipinski definition) is 11. The molecule has 17 heteroatoms. The van der Waals surface area contributed by atoms with E-state index in [1.54, 1.807) is 46.5 Å². The summed E-state index contributed by atoms with van der Waals surface area (Å²) in [5.74, 6) is 2.00. The minimum absolute atomic E-state index is 0.00455. The molecule has 0 radical (unpaired) electrons. The van der Waals surface area contributed by atoms with Gasteiger partial charge in [-0.25, -0.2) is 19.6 Å². The predicted octanol–water partition coefficient (Wildman–Crippen LogP) is 6.98. The number of nitrogens with zero attached hydrogens (tertiary/aromatic N) is 6. The SMILES string of the molecule is O=C1Nc2nc(NC3CCC(O)CC3)ncc2CN1c1ccccc1Cl.O=COC1CCC(Nc2ncc3c(n2)NC(=O)N(c2ccccc2Cl)C3)CC1. The van der Waals surface area contributed by atoms with Crippen LogP contribution in [0.3, 0.4) is 0 Å². The van der Waals surface area contributed by atoms with Crippen LogP contribution in [-0.4, -0.2) is 67.9 Å². The van der Waals surface area contributed by atoms with Crippen LogP contribution in [0.2, 0.25) is 10.0 Å².